The van der Waals surface area contributed by atoms with Crippen molar-refractivity contribution in [1.82, 2.24) is 0 Å². The van der Waals surface area contributed by atoms with E-state index in [1.54, 1.807) is 0 Å². The number of nitrogens with zero attached hydrogens (tertiary/aromatic N) is 3. The van der Waals surface area contributed by atoms with Gasteiger partial charge in [-0.3, -0.25) is 0 Å². The standard InChI is InChI=1S/C60H54B3N3/c1-43-37-52(49-25-13-7-14-26-49)38-44(2)58(43)61-64(55-31-19-10-20-32-55)62(59-45(3)39-53(40-46(59)4)50-27-15-8-16-28-50)66(57-35-23-12-24-36-57)63(65(61)56-33-21-11-22-34-56)60-47(5)41-54(42-48(60)6)51-29-17-9-18-30-51/h7-42H,1-6H3. The van der Waals surface area contributed by atoms with Crippen molar-refractivity contribution in [3.8, 4) is 33.4 Å². The van der Waals surface area contributed by atoms with E-state index >= 15 is 0 Å². The zero-order valence-corrected chi connectivity index (χ0v) is 38.9. The third kappa shape index (κ3) is 7.92. The number of aryl methyl sites for hydroxylation is 6. The minimum atomic E-state index is -0.255. The Balaban J connectivity index is 1.34. The summed E-state index contributed by atoms with van der Waals surface area (Å²) in [5, 5.41) is 0. The monoisotopic (exact) mass is 849 g/mol. The van der Waals surface area contributed by atoms with Crippen molar-refractivity contribution in [2.45, 2.75) is 41.5 Å². The molecule has 0 saturated carbocycles. The van der Waals surface area contributed by atoms with Gasteiger partial charge in [0.05, 0.1) is 0 Å². The van der Waals surface area contributed by atoms with Gasteiger partial charge >= 0.3 is 20.9 Å². The highest BCUT2D eigenvalue weighted by Crippen LogP contribution is 2.37. The molecule has 9 aromatic rings. The SMILES string of the molecule is Cc1cc(-c2ccccc2)cc(C)c1B1N(c2ccccc2)B(c2c(C)cc(-c3ccccc3)cc2C)N(c2ccccc2)B(c2c(C)cc(-c3ccccc3)cc2C)N1c1ccccc1. The topological polar surface area (TPSA) is 9.72 Å². The van der Waals surface area contributed by atoms with E-state index in [2.05, 4.69) is 274 Å². The Morgan fingerprint density at radius 3 is 0.606 bits per heavy atom. The molecule has 1 heterocycles. The highest BCUT2D eigenvalue weighted by atomic mass is 15.3. The lowest BCUT2D eigenvalue weighted by atomic mass is 9.35. The van der Waals surface area contributed by atoms with Crippen molar-refractivity contribution in [2.24, 2.45) is 0 Å². The van der Waals surface area contributed by atoms with Crippen LogP contribution in [-0.2, 0) is 0 Å². The predicted molar refractivity (Wildman–Crippen MR) is 287 cm³/mol. The summed E-state index contributed by atoms with van der Waals surface area (Å²) >= 11 is 0. The van der Waals surface area contributed by atoms with Crippen LogP contribution in [0, 0.1) is 41.5 Å². The van der Waals surface area contributed by atoms with Crippen LogP contribution in [0.3, 0.4) is 0 Å². The van der Waals surface area contributed by atoms with Crippen LogP contribution in [0.2, 0.25) is 0 Å². The number of hydrogen-bond acceptors (Lipinski definition) is 3. The van der Waals surface area contributed by atoms with Gasteiger partial charge in [0.25, 0.3) is 0 Å². The Hall–Kier alpha value is -7.43. The van der Waals surface area contributed by atoms with Crippen molar-refractivity contribution >= 4 is 54.4 Å². The van der Waals surface area contributed by atoms with Crippen LogP contribution < -0.4 is 30.6 Å². The molecule has 0 aromatic heterocycles. The fourth-order valence-electron chi connectivity index (χ4n) is 10.8. The van der Waals surface area contributed by atoms with E-state index in [0.717, 1.165) is 17.1 Å². The molecule has 9 aromatic carbocycles. The molecule has 1 fully saturated rings. The van der Waals surface area contributed by atoms with Crippen molar-refractivity contribution < 1.29 is 0 Å². The first-order valence-corrected chi connectivity index (χ1v) is 23.3. The van der Waals surface area contributed by atoms with Crippen LogP contribution >= 0.6 is 0 Å². The zero-order chi connectivity index (χ0) is 45.3. The summed E-state index contributed by atoms with van der Waals surface area (Å²) in [6.45, 7) is 13.2. The smallest absolute Gasteiger partial charge is 0.389 e. The molecule has 0 N–H and O–H groups in total. The molecule has 0 amide bonds. The molecule has 318 valence electrons. The number of benzene rings is 9. The molecule has 1 saturated heterocycles. The lowest BCUT2D eigenvalue weighted by molar-refractivity contribution is 1.26. The molecule has 0 atom stereocenters. The Labute approximate surface area is 393 Å². The molecule has 0 aliphatic carbocycles. The number of hydrogen-bond donors (Lipinski definition) is 0. The summed E-state index contributed by atoms with van der Waals surface area (Å²) in [7, 11) is 0. The van der Waals surface area contributed by atoms with Gasteiger partial charge in [0, 0.05) is 17.1 Å². The first kappa shape index (κ1) is 42.5. The first-order chi connectivity index (χ1) is 32.3. The summed E-state index contributed by atoms with van der Waals surface area (Å²) in [5.74, 6) is 0. The minimum Gasteiger partial charge on any atom is -0.416 e. The second-order valence-corrected chi connectivity index (χ2v) is 18.0. The number of para-hydroxylation sites is 3. The third-order valence-electron chi connectivity index (χ3n) is 13.6. The Morgan fingerprint density at radius 1 is 0.227 bits per heavy atom. The minimum absolute atomic E-state index is 0.255. The van der Waals surface area contributed by atoms with Gasteiger partial charge in [0.15, 0.2) is 0 Å². The van der Waals surface area contributed by atoms with Crippen LogP contribution in [0.25, 0.3) is 33.4 Å². The molecular weight excluding hydrogens is 795 g/mol. The zero-order valence-electron chi connectivity index (χ0n) is 38.9. The van der Waals surface area contributed by atoms with Gasteiger partial charge in [-0.15, -0.1) is 0 Å². The fourth-order valence-corrected chi connectivity index (χ4v) is 10.8. The fraction of sp³-hybridized carbons (Fsp3) is 0.100. The van der Waals surface area contributed by atoms with Gasteiger partial charge in [-0.25, -0.2) is 0 Å². The summed E-state index contributed by atoms with van der Waals surface area (Å²) in [4.78, 5) is 0. The normalized spacial score (nSPS) is 12.8. The van der Waals surface area contributed by atoms with E-state index in [4.69, 9.17) is 0 Å². The predicted octanol–water partition coefficient (Wildman–Crippen LogP) is 12.6. The highest BCUT2D eigenvalue weighted by Gasteiger charge is 2.57. The van der Waals surface area contributed by atoms with Crippen molar-refractivity contribution in [2.75, 3.05) is 14.2 Å². The molecule has 0 radical (unpaired) electrons. The maximum absolute atomic E-state index is 2.73. The van der Waals surface area contributed by atoms with Crippen LogP contribution in [-0.4, -0.2) is 20.9 Å². The molecular formula is C60H54B3N3. The number of anilines is 3. The van der Waals surface area contributed by atoms with E-state index in [1.165, 1.54) is 83.1 Å². The highest BCUT2D eigenvalue weighted by molar-refractivity contribution is 7.15. The Bertz CT molecular complexity index is 2690. The van der Waals surface area contributed by atoms with Gasteiger partial charge in [0.2, 0.25) is 0 Å². The lowest BCUT2D eigenvalue weighted by Gasteiger charge is -2.58. The van der Waals surface area contributed by atoms with Gasteiger partial charge in [-0.2, -0.15) is 0 Å². The summed E-state index contributed by atoms with van der Waals surface area (Å²) in [6.07, 6.45) is 0. The largest absolute Gasteiger partial charge is 0.416 e. The van der Waals surface area contributed by atoms with E-state index in [9.17, 15) is 0 Å². The lowest BCUT2D eigenvalue weighted by Crippen LogP contribution is -2.87. The van der Waals surface area contributed by atoms with E-state index < -0.39 is 0 Å². The Morgan fingerprint density at radius 2 is 0.409 bits per heavy atom. The second-order valence-electron chi connectivity index (χ2n) is 18.0. The van der Waals surface area contributed by atoms with Gasteiger partial charge in [-0.1, -0.05) is 215 Å². The summed E-state index contributed by atoms with van der Waals surface area (Å²) in [6, 6.07) is 80.4. The molecule has 1 aliphatic rings. The van der Waals surface area contributed by atoms with Crippen molar-refractivity contribution in [3.05, 3.63) is 252 Å². The molecule has 0 spiro atoms. The van der Waals surface area contributed by atoms with E-state index in [-0.39, 0.29) is 20.9 Å². The van der Waals surface area contributed by atoms with Crippen LogP contribution in [0.5, 0.6) is 0 Å². The van der Waals surface area contributed by atoms with Gasteiger partial charge < -0.3 is 14.2 Å². The van der Waals surface area contributed by atoms with E-state index in [0.29, 0.717) is 0 Å². The molecule has 0 unspecified atom stereocenters. The summed E-state index contributed by atoms with van der Waals surface area (Å²) in [5.41, 5.74) is 22.3. The van der Waals surface area contributed by atoms with Crippen molar-refractivity contribution in [1.29, 1.82) is 0 Å². The van der Waals surface area contributed by atoms with Crippen LogP contribution in [0.1, 0.15) is 33.4 Å². The van der Waals surface area contributed by atoms with Crippen LogP contribution in [0.4, 0.5) is 17.1 Å². The average Bonchev–Trinajstić information content (AvgIpc) is 3.35. The molecule has 3 nitrogen and oxygen atoms in total. The second kappa shape index (κ2) is 18.2. The maximum atomic E-state index is 2.73. The third-order valence-corrected chi connectivity index (χ3v) is 13.6. The quantitative estimate of drug-likeness (QED) is 0.134. The van der Waals surface area contributed by atoms with Gasteiger partial charge in [0.1, 0.15) is 0 Å². The maximum Gasteiger partial charge on any atom is 0.389 e. The molecule has 66 heavy (non-hydrogen) atoms. The first-order valence-electron chi connectivity index (χ1n) is 23.3. The summed E-state index contributed by atoms with van der Waals surface area (Å²) < 4.78 is 8.19. The van der Waals surface area contributed by atoms with Crippen molar-refractivity contribution in [3.63, 3.8) is 0 Å². The Kier molecular flexibility index (Phi) is 11.7. The molecule has 1 aliphatic heterocycles. The van der Waals surface area contributed by atoms with E-state index in [1.807, 2.05) is 0 Å². The molecule has 10 rings (SSSR count). The molecule has 0 bridgehead atoms. The average molecular weight is 850 g/mol. The molecule has 6 heteroatoms. The number of rotatable bonds is 9. The van der Waals surface area contributed by atoms with Crippen LogP contribution in [0.15, 0.2) is 218 Å². The van der Waals surface area contributed by atoms with Gasteiger partial charge in [-0.05, 0) is 128 Å².